The average Bonchev–Trinajstić information content (AvgIpc) is 2.96. The molecule has 0 bridgehead atoms. The van der Waals surface area contributed by atoms with E-state index in [0.717, 1.165) is 12.0 Å². The molecule has 3 saturated heterocycles. The number of piperidine rings is 1. The van der Waals surface area contributed by atoms with Crippen molar-refractivity contribution < 1.29 is 9.59 Å². The van der Waals surface area contributed by atoms with Crippen molar-refractivity contribution in [1.82, 2.24) is 20.0 Å². The second-order valence-electron chi connectivity index (χ2n) is 12.5. The zero-order valence-electron chi connectivity index (χ0n) is 23.0. The van der Waals surface area contributed by atoms with Gasteiger partial charge in [0.2, 0.25) is 5.91 Å². The Kier molecular flexibility index (Phi) is 7.91. The maximum Gasteiger partial charge on any atom is 0.251 e. The smallest absolute Gasteiger partial charge is 0.251 e. The fraction of sp³-hybridized carbons (Fsp3) is 0.733. The minimum Gasteiger partial charge on any atom is -0.329 e. The number of piperazine rings is 1. The van der Waals surface area contributed by atoms with Crippen molar-refractivity contribution in [2.45, 2.75) is 115 Å². The highest BCUT2D eigenvalue weighted by molar-refractivity contribution is 6.30. The number of likely N-dealkylation sites (tertiary alicyclic amines) is 1. The van der Waals surface area contributed by atoms with E-state index in [1.165, 1.54) is 57.8 Å². The summed E-state index contributed by atoms with van der Waals surface area (Å²) >= 11 is 6.10. The van der Waals surface area contributed by atoms with Gasteiger partial charge in [-0.3, -0.25) is 19.8 Å². The Hall–Kier alpha value is -1.63. The van der Waals surface area contributed by atoms with Crippen molar-refractivity contribution >= 4 is 23.4 Å². The summed E-state index contributed by atoms with van der Waals surface area (Å²) in [6.07, 6.45) is 13.1. The van der Waals surface area contributed by atoms with Crippen molar-refractivity contribution in [3.05, 3.63) is 34.9 Å². The predicted molar refractivity (Wildman–Crippen MR) is 148 cm³/mol. The maximum atomic E-state index is 13.9. The molecule has 1 N–H and O–H groups in total. The molecule has 3 aliphatic heterocycles. The summed E-state index contributed by atoms with van der Waals surface area (Å²) in [5, 5.41) is 4.83. The van der Waals surface area contributed by atoms with E-state index in [0.29, 0.717) is 30.6 Å². The molecule has 3 heterocycles. The summed E-state index contributed by atoms with van der Waals surface area (Å²) in [6.45, 7) is 8.28. The lowest BCUT2D eigenvalue weighted by atomic mass is 9.71. The standard InChI is InChI=1S/C30H45ClN4O2/c1-22(2)34-19-27(36)35(18-24-11-13-25(31)14-12-24)30(28(34)37)20-33(21-30)26-15-10-23(3)29(32-26)16-8-6-4-5-7-9-17-29/h11-14,22-23,26,32H,4-10,15-21H2,1-3H3. The van der Waals surface area contributed by atoms with Gasteiger partial charge < -0.3 is 9.80 Å². The Bertz CT molecular complexity index is 964. The van der Waals surface area contributed by atoms with Crippen LogP contribution >= 0.6 is 11.6 Å². The van der Waals surface area contributed by atoms with Gasteiger partial charge in [0, 0.05) is 36.2 Å². The Morgan fingerprint density at radius 3 is 2.22 bits per heavy atom. The molecule has 1 aromatic carbocycles. The zero-order valence-corrected chi connectivity index (χ0v) is 23.7. The molecular formula is C30H45ClN4O2. The molecule has 5 rings (SSSR count). The van der Waals surface area contributed by atoms with Crippen molar-refractivity contribution in [2.24, 2.45) is 5.92 Å². The summed E-state index contributed by atoms with van der Waals surface area (Å²) in [5.74, 6) is 0.822. The number of benzene rings is 1. The fourth-order valence-electron chi connectivity index (χ4n) is 7.36. The number of carbonyl (C=O) groups is 2. The number of nitrogens with one attached hydrogen (secondary N) is 1. The molecule has 1 saturated carbocycles. The molecule has 2 amide bonds. The van der Waals surface area contributed by atoms with Gasteiger partial charge in [0.05, 0.1) is 6.17 Å². The van der Waals surface area contributed by atoms with E-state index in [1.54, 1.807) is 4.90 Å². The lowest BCUT2D eigenvalue weighted by Gasteiger charge is -2.62. The van der Waals surface area contributed by atoms with E-state index in [2.05, 4.69) is 17.1 Å². The van der Waals surface area contributed by atoms with Gasteiger partial charge in [-0.25, -0.2) is 0 Å². The Labute approximate surface area is 228 Å². The van der Waals surface area contributed by atoms with Gasteiger partial charge in [-0.15, -0.1) is 0 Å². The Morgan fingerprint density at radius 2 is 1.59 bits per heavy atom. The number of hydrogen-bond donors (Lipinski definition) is 1. The van der Waals surface area contributed by atoms with Gasteiger partial charge in [0.25, 0.3) is 5.91 Å². The molecule has 6 nitrogen and oxygen atoms in total. The van der Waals surface area contributed by atoms with Crippen LogP contribution in [0.15, 0.2) is 24.3 Å². The van der Waals surface area contributed by atoms with Crippen LogP contribution in [0.3, 0.4) is 0 Å². The van der Waals surface area contributed by atoms with E-state index in [4.69, 9.17) is 11.6 Å². The van der Waals surface area contributed by atoms with Gasteiger partial charge >= 0.3 is 0 Å². The summed E-state index contributed by atoms with van der Waals surface area (Å²) in [4.78, 5) is 33.5. The summed E-state index contributed by atoms with van der Waals surface area (Å²) in [5.41, 5.74) is 0.431. The molecule has 7 heteroatoms. The summed E-state index contributed by atoms with van der Waals surface area (Å²) in [7, 11) is 0. The van der Waals surface area contributed by atoms with Crippen LogP contribution in [0.4, 0.5) is 0 Å². The number of carbonyl (C=O) groups excluding carboxylic acids is 2. The normalized spacial score (nSPS) is 28.8. The van der Waals surface area contributed by atoms with Gasteiger partial charge in [-0.2, -0.15) is 0 Å². The average molecular weight is 529 g/mol. The molecule has 4 aliphatic rings. The molecule has 0 radical (unpaired) electrons. The SMILES string of the molecule is CC(C)N1CC(=O)N(Cc2ccc(Cl)cc2)C2(CN(C3CCC(C)C4(CCCCCCCC4)N3)C2)C1=O. The molecule has 2 spiro atoms. The highest BCUT2D eigenvalue weighted by atomic mass is 35.5. The van der Waals surface area contributed by atoms with Crippen molar-refractivity contribution in [2.75, 3.05) is 19.6 Å². The van der Waals surface area contributed by atoms with Crippen molar-refractivity contribution in [3.8, 4) is 0 Å². The fourth-order valence-corrected chi connectivity index (χ4v) is 7.49. The van der Waals surface area contributed by atoms with Crippen LogP contribution < -0.4 is 5.32 Å². The largest absolute Gasteiger partial charge is 0.329 e. The zero-order chi connectivity index (χ0) is 26.2. The second-order valence-corrected chi connectivity index (χ2v) is 12.9. The summed E-state index contributed by atoms with van der Waals surface area (Å²) < 4.78 is 0. The van der Waals surface area contributed by atoms with Crippen LogP contribution in [-0.4, -0.2) is 69.4 Å². The quantitative estimate of drug-likeness (QED) is 0.584. The van der Waals surface area contributed by atoms with E-state index < -0.39 is 5.54 Å². The Balaban J connectivity index is 1.36. The first-order valence-electron chi connectivity index (χ1n) is 14.6. The molecule has 0 aromatic heterocycles. The first-order chi connectivity index (χ1) is 17.7. The van der Waals surface area contributed by atoms with E-state index >= 15 is 0 Å². The lowest BCUT2D eigenvalue weighted by molar-refractivity contribution is -0.186. The van der Waals surface area contributed by atoms with Gasteiger partial charge in [-0.1, -0.05) is 69.2 Å². The molecule has 2 unspecified atom stereocenters. The third kappa shape index (κ3) is 5.18. The van der Waals surface area contributed by atoms with Crippen LogP contribution in [-0.2, 0) is 16.1 Å². The predicted octanol–water partition coefficient (Wildman–Crippen LogP) is 5.19. The van der Waals surface area contributed by atoms with Crippen LogP contribution in [0.1, 0.15) is 90.5 Å². The van der Waals surface area contributed by atoms with Crippen molar-refractivity contribution in [3.63, 3.8) is 0 Å². The monoisotopic (exact) mass is 528 g/mol. The van der Waals surface area contributed by atoms with E-state index in [-0.39, 0.29) is 36.1 Å². The van der Waals surface area contributed by atoms with Gasteiger partial charge in [0.1, 0.15) is 12.1 Å². The van der Waals surface area contributed by atoms with Crippen molar-refractivity contribution in [1.29, 1.82) is 0 Å². The first kappa shape index (κ1) is 27.0. The number of amides is 2. The van der Waals surface area contributed by atoms with E-state index in [9.17, 15) is 9.59 Å². The first-order valence-corrected chi connectivity index (χ1v) is 15.0. The third-order valence-electron chi connectivity index (χ3n) is 9.80. The molecule has 1 aliphatic carbocycles. The summed E-state index contributed by atoms with van der Waals surface area (Å²) in [6, 6.07) is 7.65. The minimum absolute atomic E-state index is 0.0100. The number of nitrogens with zero attached hydrogens (tertiary/aromatic N) is 3. The van der Waals surface area contributed by atoms with Crippen LogP contribution in [0, 0.1) is 5.92 Å². The van der Waals surface area contributed by atoms with Gasteiger partial charge in [0.15, 0.2) is 0 Å². The molecule has 1 aromatic rings. The van der Waals surface area contributed by atoms with Crippen LogP contribution in [0.25, 0.3) is 0 Å². The topological polar surface area (TPSA) is 55.9 Å². The molecule has 4 fully saturated rings. The van der Waals surface area contributed by atoms with Crippen LogP contribution in [0.2, 0.25) is 5.02 Å². The highest BCUT2D eigenvalue weighted by Crippen LogP contribution is 2.42. The van der Waals surface area contributed by atoms with Crippen LogP contribution in [0.5, 0.6) is 0 Å². The number of hydrogen-bond acceptors (Lipinski definition) is 4. The second kappa shape index (κ2) is 10.9. The van der Waals surface area contributed by atoms with E-state index in [1.807, 2.05) is 43.0 Å². The number of halogens is 1. The third-order valence-corrected chi connectivity index (χ3v) is 10.0. The molecule has 2 atom stereocenters. The van der Waals surface area contributed by atoms with Gasteiger partial charge in [-0.05, 0) is 63.1 Å². The molecule has 37 heavy (non-hydrogen) atoms. The Morgan fingerprint density at radius 1 is 0.973 bits per heavy atom. The number of rotatable bonds is 4. The minimum atomic E-state index is -0.782. The molecular weight excluding hydrogens is 484 g/mol. The highest BCUT2D eigenvalue weighted by Gasteiger charge is 2.61. The molecule has 204 valence electrons. The maximum absolute atomic E-state index is 13.9. The lowest BCUT2D eigenvalue weighted by Crippen LogP contribution is -2.83.